The average Bonchev–Trinajstić information content (AvgIpc) is 3.02. The Hall–Kier alpha value is -2.30. The predicted octanol–water partition coefficient (Wildman–Crippen LogP) is 1.03. The number of esters is 1. The SMILES string of the molecule is C[C@]1(NS(=O)(=O)c2ccccc2[N+](=O)[O-])C=C2C(=O)O[C@@H]3CC[C@H](C1)[C@]23O. The Bertz CT molecular complexity index is 989. The third-order valence-electron chi connectivity index (χ3n) is 5.64. The van der Waals surface area contributed by atoms with Gasteiger partial charge in [-0.25, -0.2) is 17.9 Å². The number of carbonyl (C=O) groups excluding carboxylic acids is 1. The van der Waals surface area contributed by atoms with Crippen LogP contribution in [0.15, 0.2) is 40.8 Å². The molecule has 2 fully saturated rings. The van der Waals surface area contributed by atoms with Gasteiger partial charge in [0.15, 0.2) is 4.90 Å². The van der Waals surface area contributed by atoms with Crippen molar-refractivity contribution in [3.63, 3.8) is 0 Å². The Balaban J connectivity index is 1.74. The van der Waals surface area contributed by atoms with Gasteiger partial charge in [-0.3, -0.25) is 10.1 Å². The highest BCUT2D eigenvalue weighted by Crippen LogP contribution is 2.54. The lowest BCUT2D eigenvalue weighted by Gasteiger charge is -2.40. The van der Waals surface area contributed by atoms with Crippen molar-refractivity contribution >= 4 is 21.7 Å². The quantitative estimate of drug-likeness (QED) is 0.442. The van der Waals surface area contributed by atoms with E-state index in [1.54, 1.807) is 6.92 Å². The summed E-state index contributed by atoms with van der Waals surface area (Å²) < 4.78 is 33.5. The molecule has 1 aromatic carbocycles. The Kier molecular flexibility index (Phi) is 3.75. The Morgan fingerprint density at radius 1 is 1.33 bits per heavy atom. The lowest BCUT2D eigenvalue weighted by Crippen LogP contribution is -2.54. The maximum atomic E-state index is 12.9. The van der Waals surface area contributed by atoms with E-state index >= 15 is 0 Å². The fraction of sp³-hybridized carbons (Fsp3) is 0.471. The molecule has 4 atom stereocenters. The summed E-state index contributed by atoms with van der Waals surface area (Å²) in [6.45, 7) is 1.59. The van der Waals surface area contributed by atoms with Gasteiger partial charge >= 0.3 is 5.97 Å². The molecule has 1 saturated heterocycles. The molecule has 4 rings (SSSR count). The van der Waals surface area contributed by atoms with Crippen LogP contribution in [0.2, 0.25) is 0 Å². The van der Waals surface area contributed by atoms with Crippen molar-refractivity contribution in [3.05, 3.63) is 46.0 Å². The van der Waals surface area contributed by atoms with Gasteiger partial charge in [0, 0.05) is 11.6 Å². The molecule has 0 aromatic heterocycles. The van der Waals surface area contributed by atoms with Gasteiger partial charge in [-0.1, -0.05) is 18.2 Å². The van der Waals surface area contributed by atoms with E-state index < -0.39 is 48.7 Å². The molecule has 3 aliphatic rings. The van der Waals surface area contributed by atoms with Crippen LogP contribution in [0.5, 0.6) is 0 Å². The lowest BCUT2D eigenvalue weighted by atomic mass is 9.71. The molecule has 2 N–H and O–H groups in total. The second-order valence-corrected chi connectivity index (χ2v) is 9.15. The lowest BCUT2D eigenvalue weighted by molar-refractivity contribution is -0.387. The average molecular weight is 394 g/mol. The van der Waals surface area contributed by atoms with Crippen LogP contribution in [-0.4, -0.2) is 41.7 Å². The van der Waals surface area contributed by atoms with Gasteiger partial charge < -0.3 is 9.84 Å². The van der Waals surface area contributed by atoms with Crippen molar-refractivity contribution in [1.29, 1.82) is 0 Å². The first kappa shape index (κ1) is 18.1. The Labute approximate surface area is 155 Å². The number of rotatable bonds is 4. The van der Waals surface area contributed by atoms with Gasteiger partial charge in [0.1, 0.15) is 11.7 Å². The first-order valence-electron chi connectivity index (χ1n) is 8.51. The summed E-state index contributed by atoms with van der Waals surface area (Å²) in [5.74, 6) is -0.990. The van der Waals surface area contributed by atoms with Crippen molar-refractivity contribution in [2.75, 3.05) is 0 Å². The van der Waals surface area contributed by atoms with Gasteiger partial charge in [-0.05, 0) is 38.2 Å². The number of aliphatic hydroxyl groups is 1. The summed E-state index contributed by atoms with van der Waals surface area (Å²) in [7, 11) is -4.25. The molecule has 1 aromatic rings. The summed E-state index contributed by atoms with van der Waals surface area (Å²) in [5.41, 5.74) is -3.04. The molecule has 1 heterocycles. The molecule has 0 amide bonds. The highest BCUT2D eigenvalue weighted by molar-refractivity contribution is 7.89. The number of nitrogens with one attached hydrogen (secondary N) is 1. The van der Waals surface area contributed by atoms with Crippen molar-refractivity contribution in [1.82, 2.24) is 4.72 Å². The predicted molar refractivity (Wildman–Crippen MR) is 92.1 cm³/mol. The van der Waals surface area contributed by atoms with Crippen LogP contribution in [-0.2, 0) is 19.6 Å². The first-order chi connectivity index (χ1) is 12.6. The fourth-order valence-electron chi connectivity index (χ4n) is 4.54. The molecule has 0 bridgehead atoms. The zero-order valence-electron chi connectivity index (χ0n) is 14.4. The molecule has 0 spiro atoms. The molecule has 2 aliphatic carbocycles. The smallest absolute Gasteiger partial charge is 0.337 e. The number of benzene rings is 1. The largest absolute Gasteiger partial charge is 0.455 e. The van der Waals surface area contributed by atoms with Crippen molar-refractivity contribution in [3.8, 4) is 0 Å². The van der Waals surface area contributed by atoms with E-state index in [2.05, 4.69) is 4.72 Å². The zero-order chi connectivity index (χ0) is 19.6. The minimum Gasteiger partial charge on any atom is -0.455 e. The van der Waals surface area contributed by atoms with E-state index in [-0.39, 0.29) is 17.9 Å². The van der Waals surface area contributed by atoms with Gasteiger partial charge in [-0.15, -0.1) is 0 Å². The van der Waals surface area contributed by atoms with Gasteiger partial charge in [0.2, 0.25) is 10.0 Å². The van der Waals surface area contributed by atoms with Crippen LogP contribution < -0.4 is 4.72 Å². The second-order valence-electron chi connectivity index (χ2n) is 7.50. The second kappa shape index (κ2) is 5.60. The van der Waals surface area contributed by atoms with Crippen LogP contribution in [0, 0.1) is 16.0 Å². The topological polar surface area (TPSA) is 136 Å². The number of hydrogen-bond donors (Lipinski definition) is 2. The zero-order valence-corrected chi connectivity index (χ0v) is 15.2. The van der Waals surface area contributed by atoms with E-state index in [1.807, 2.05) is 0 Å². The monoisotopic (exact) mass is 394 g/mol. The number of hydrogen-bond acceptors (Lipinski definition) is 7. The number of carbonyl (C=O) groups is 1. The molecule has 0 unspecified atom stereocenters. The molecule has 27 heavy (non-hydrogen) atoms. The normalized spacial score (nSPS) is 34.7. The molecule has 1 aliphatic heterocycles. The summed E-state index contributed by atoms with van der Waals surface area (Å²) in [6, 6.07) is 5.06. The van der Waals surface area contributed by atoms with Crippen LogP contribution in [0.4, 0.5) is 5.69 Å². The highest BCUT2D eigenvalue weighted by Gasteiger charge is 2.64. The molecular weight excluding hydrogens is 376 g/mol. The number of nitrogens with zero attached hydrogens (tertiary/aromatic N) is 1. The number of ether oxygens (including phenoxy) is 1. The van der Waals surface area contributed by atoms with Crippen LogP contribution in [0.3, 0.4) is 0 Å². The first-order valence-corrected chi connectivity index (χ1v) is 9.99. The van der Waals surface area contributed by atoms with Gasteiger partial charge in [-0.2, -0.15) is 0 Å². The van der Waals surface area contributed by atoms with E-state index in [0.717, 1.165) is 12.1 Å². The molecule has 1 saturated carbocycles. The summed E-state index contributed by atoms with van der Waals surface area (Å²) in [4.78, 5) is 22.1. The third kappa shape index (κ3) is 2.59. The van der Waals surface area contributed by atoms with E-state index in [0.29, 0.717) is 12.8 Å². The maximum Gasteiger partial charge on any atom is 0.337 e. The van der Waals surface area contributed by atoms with E-state index in [9.17, 15) is 28.4 Å². The summed E-state index contributed by atoms with van der Waals surface area (Å²) >= 11 is 0. The van der Waals surface area contributed by atoms with Crippen LogP contribution in [0.1, 0.15) is 26.2 Å². The molecule has 144 valence electrons. The summed E-state index contributed by atoms with van der Waals surface area (Å²) in [5, 5.41) is 22.2. The molecule has 9 nitrogen and oxygen atoms in total. The van der Waals surface area contributed by atoms with Crippen LogP contribution >= 0.6 is 0 Å². The third-order valence-corrected chi connectivity index (χ3v) is 7.30. The molecule has 0 radical (unpaired) electrons. The van der Waals surface area contributed by atoms with E-state index in [4.69, 9.17) is 4.74 Å². The van der Waals surface area contributed by atoms with Gasteiger partial charge in [0.05, 0.1) is 10.5 Å². The molecule has 10 heteroatoms. The van der Waals surface area contributed by atoms with Gasteiger partial charge in [0.25, 0.3) is 5.69 Å². The van der Waals surface area contributed by atoms with Crippen LogP contribution in [0.25, 0.3) is 0 Å². The van der Waals surface area contributed by atoms with Crippen molar-refractivity contribution in [2.45, 2.75) is 48.3 Å². The van der Waals surface area contributed by atoms with E-state index in [1.165, 1.54) is 18.2 Å². The van der Waals surface area contributed by atoms with Crippen molar-refractivity contribution in [2.24, 2.45) is 5.92 Å². The minimum absolute atomic E-state index is 0.0639. The summed E-state index contributed by atoms with van der Waals surface area (Å²) in [6.07, 6.45) is 2.15. The minimum atomic E-state index is -4.25. The Morgan fingerprint density at radius 2 is 2.04 bits per heavy atom. The number of para-hydroxylation sites is 1. The maximum absolute atomic E-state index is 12.9. The fourth-order valence-corrected chi connectivity index (χ4v) is 6.09. The Morgan fingerprint density at radius 3 is 2.74 bits per heavy atom. The molecular formula is C17H18N2O7S. The standard InChI is InChI=1S/C17H18N2O7S/c1-16(18-27(24,25)13-5-3-2-4-12(13)19(22)23)8-10-6-7-14-17(10,21)11(9-16)15(20)26-14/h2-5,9-10,14,18,21H,6-8H2,1H3/t10-,14-,16-,17+/m1/s1. The number of sulfonamides is 1. The van der Waals surface area contributed by atoms with Crippen molar-refractivity contribution < 1.29 is 28.0 Å². The number of nitro benzene ring substituents is 1. The number of nitro groups is 1. The highest BCUT2D eigenvalue weighted by atomic mass is 32.2.